The van der Waals surface area contributed by atoms with Crippen LogP contribution in [0.4, 0.5) is 36.8 Å². The Kier molecular flexibility index (Phi) is 9.88. The van der Waals surface area contributed by atoms with E-state index in [1.54, 1.807) is 43.0 Å². The Morgan fingerprint density at radius 1 is 1.02 bits per heavy atom. The Balaban J connectivity index is 1.52. The summed E-state index contributed by atoms with van der Waals surface area (Å²) in [5.74, 6) is -0.556. The summed E-state index contributed by atoms with van der Waals surface area (Å²) in [6.45, 7) is 9.89. The fourth-order valence-corrected chi connectivity index (χ4v) is 6.05. The SMILES string of the molecule is C/C=C\c1cc(C(O)(C(F)(F)F)C(F)(F)F)ccc1N1CC(C)N(C(=O)CN2C(=O)N[C@](C)(c3ccc(OC(C)C)cc3)C2=O)CC1C. The number of alkyl halides is 6. The van der Waals surface area contributed by atoms with Crippen LogP contribution in [0.15, 0.2) is 48.5 Å². The number of carbonyl (C=O) groups excluding carboxylic acids is 3. The number of urea groups is 1. The van der Waals surface area contributed by atoms with Crippen LogP contribution in [0.2, 0.25) is 0 Å². The molecular weight excluding hydrogens is 646 g/mol. The van der Waals surface area contributed by atoms with Gasteiger partial charge in [0.1, 0.15) is 17.8 Å². The van der Waals surface area contributed by atoms with Gasteiger partial charge < -0.3 is 25.0 Å². The number of imide groups is 1. The largest absolute Gasteiger partial charge is 0.491 e. The number of carbonyl (C=O) groups is 3. The molecule has 262 valence electrons. The minimum atomic E-state index is -6.04. The van der Waals surface area contributed by atoms with Crippen LogP contribution in [0.3, 0.4) is 0 Å². The highest BCUT2D eigenvalue weighted by molar-refractivity contribution is 6.09. The van der Waals surface area contributed by atoms with Gasteiger partial charge in [-0.3, -0.25) is 14.5 Å². The van der Waals surface area contributed by atoms with Crippen molar-refractivity contribution in [2.75, 3.05) is 24.5 Å². The third-order valence-electron chi connectivity index (χ3n) is 8.60. The average Bonchev–Trinajstić information content (AvgIpc) is 3.20. The molecule has 48 heavy (non-hydrogen) atoms. The van der Waals surface area contributed by atoms with Crippen molar-refractivity contribution in [3.63, 3.8) is 0 Å². The van der Waals surface area contributed by atoms with Gasteiger partial charge in [-0.2, -0.15) is 26.3 Å². The van der Waals surface area contributed by atoms with Crippen LogP contribution < -0.4 is 15.0 Å². The van der Waals surface area contributed by atoms with Crippen molar-refractivity contribution in [3.05, 3.63) is 65.2 Å². The first kappa shape index (κ1) is 36.6. The topological polar surface area (TPSA) is 102 Å². The molecule has 9 nitrogen and oxygen atoms in total. The highest BCUT2D eigenvalue weighted by Crippen LogP contribution is 2.50. The van der Waals surface area contributed by atoms with Crippen molar-refractivity contribution in [3.8, 4) is 5.75 Å². The summed E-state index contributed by atoms with van der Waals surface area (Å²) in [5.41, 5.74) is -7.10. The number of nitrogens with one attached hydrogen (secondary N) is 1. The number of hydrogen-bond donors (Lipinski definition) is 2. The summed E-state index contributed by atoms with van der Waals surface area (Å²) in [6, 6.07) is 7.25. The number of aliphatic hydroxyl groups is 1. The Bertz CT molecular complexity index is 1560. The number of ether oxygens (including phenoxy) is 1. The number of amides is 4. The summed E-state index contributed by atoms with van der Waals surface area (Å²) in [5, 5.41) is 12.6. The molecule has 0 aliphatic carbocycles. The maximum absolute atomic E-state index is 13.6. The van der Waals surface area contributed by atoms with Crippen molar-refractivity contribution in [2.45, 2.75) is 83.2 Å². The van der Waals surface area contributed by atoms with Crippen LogP contribution >= 0.6 is 0 Å². The number of piperazine rings is 1. The molecule has 0 radical (unpaired) electrons. The van der Waals surface area contributed by atoms with Crippen molar-refractivity contribution >= 4 is 29.6 Å². The molecule has 2 saturated heterocycles. The summed E-state index contributed by atoms with van der Waals surface area (Å²) < 4.78 is 87.1. The summed E-state index contributed by atoms with van der Waals surface area (Å²) >= 11 is 0. The van der Waals surface area contributed by atoms with Gasteiger partial charge in [-0.05, 0) is 76.9 Å². The zero-order valence-electron chi connectivity index (χ0n) is 27.2. The first-order chi connectivity index (χ1) is 22.1. The third kappa shape index (κ3) is 6.56. The van der Waals surface area contributed by atoms with Crippen molar-refractivity contribution < 1.29 is 50.6 Å². The molecule has 4 amide bonds. The monoisotopic (exact) mass is 684 g/mol. The molecule has 3 atom stereocenters. The third-order valence-corrected chi connectivity index (χ3v) is 8.60. The number of halogens is 6. The lowest BCUT2D eigenvalue weighted by Crippen LogP contribution is -2.60. The molecule has 2 unspecified atom stereocenters. The zero-order chi connectivity index (χ0) is 36.0. The van der Waals surface area contributed by atoms with E-state index < -0.39 is 65.5 Å². The second-order valence-electron chi connectivity index (χ2n) is 12.5. The van der Waals surface area contributed by atoms with E-state index in [2.05, 4.69) is 5.32 Å². The maximum Gasteiger partial charge on any atom is 0.430 e. The molecule has 2 aliphatic heterocycles. The van der Waals surface area contributed by atoms with E-state index in [0.29, 0.717) is 29.1 Å². The molecule has 0 spiro atoms. The lowest BCUT2D eigenvalue weighted by atomic mass is 9.89. The molecule has 2 aliphatic rings. The van der Waals surface area contributed by atoms with E-state index in [0.717, 1.165) is 11.0 Å². The molecule has 2 aromatic carbocycles. The smallest absolute Gasteiger partial charge is 0.430 e. The molecule has 15 heteroatoms. The first-order valence-corrected chi connectivity index (χ1v) is 15.3. The summed E-state index contributed by atoms with van der Waals surface area (Å²) in [6.07, 6.45) is -9.36. The van der Waals surface area contributed by atoms with Gasteiger partial charge >= 0.3 is 18.4 Å². The van der Waals surface area contributed by atoms with Crippen molar-refractivity contribution in [1.82, 2.24) is 15.1 Å². The number of hydrogen-bond acceptors (Lipinski definition) is 6. The molecule has 4 rings (SSSR count). The van der Waals surface area contributed by atoms with Gasteiger partial charge in [0.2, 0.25) is 5.91 Å². The first-order valence-electron chi connectivity index (χ1n) is 15.3. The normalized spacial score (nSPS) is 22.6. The Labute approximate surface area is 274 Å². The predicted molar refractivity (Wildman–Crippen MR) is 165 cm³/mol. The predicted octanol–water partition coefficient (Wildman–Crippen LogP) is 5.71. The van der Waals surface area contributed by atoms with Crippen LogP contribution in [0.1, 0.15) is 58.2 Å². The zero-order valence-corrected chi connectivity index (χ0v) is 27.2. The summed E-state index contributed by atoms with van der Waals surface area (Å²) in [4.78, 5) is 44.0. The number of anilines is 1. The van der Waals surface area contributed by atoms with Crippen LogP contribution in [0.5, 0.6) is 5.75 Å². The van der Waals surface area contributed by atoms with Crippen LogP contribution in [-0.4, -0.2) is 82.9 Å². The van der Waals surface area contributed by atoms with Crippen molar-refractivity contribution in [1.29, 1.82) is 0 Å². The van der Waals surface area contributed by atoms with Gasteiger partial charge in [-0.15, -0.1) is 0 Å². The minimum absolute atomic E-state index is 0.00294. The fourth-order valence-electron chi connectivity index (χ4n) is 6.05. The van der Waals surface area contributed by atoms with Crippen LogP contribution in [-0.2, 0) is 20.7 Å². The minimum Gasteiger partial charge on any atom is -0.491 e. The van der Waals surface area contributed by atoms with E-state index in [4.69, 9.17) is 4.74 Å². The summed E-state index contributed by atoms with van der Waals surface area (Å²) in [7, 11) is 0. The molecule has 2 N–H and O–H groups in total. The molecule has 0 bridgehead atoms. The molecule has 2 fully saturated rings. The fraction of sp³-hybridized carbons (Fsp3) is 0.485. The van der Waals surface area contributed by atoms with Gasteiger partial charge in [0.15, 0.2) is 0 Å². The average molecular weight is 685 g/mol. The Morgan fingerprint density at radius 3 is 2.17 bits per heavy atom. The van der Waals surface area contributed by atoms with E-state index in [-0.39, 0.29) is 24.8 Å². The molecule has 0 aromatic heterocycles. The second kappa shape index (κ2) is 13.0. The standard InChI is InChI=1S/C33H38F6N4O5/c1-7-8-22-15-24(31(47,32(34,35)36)33(37,38)39)11-14-26(22)41-16-21(5)42(17-20(41)4)27(44)18-43-28(45)30(6,40-29(43)46)23-9-12-25(13-10-23)48-19(2)3/h7-15,19-21,47H,16-18H2,1-6H3,(H,40,46)/b8-7-/t20?,21?,30-/m1/s1. The van der Waals surface area contributed by atoms with E-state index in [1.807, 2.05) is 13.8 Å². The molecular formula is C33H38F6N4O5. The second-order valence-corrected chi connectivity index (χ2v) is 12.5. The Morgan fingerprint density at radius 2 is 1.62 bits per heavy atom. The lowest BCUT2D eigenvalue weighted by Gasteiger charge is -2.46. The molecule has 2 heterocycles. The van der Waals surface area contributed by atoms with Gasteiger partial charge in [0.25, 0.3) is 11.5 Å². The highest BCUT2D eigenvalue weighted by atomic mass is 19.4. The van der Waals surface area contributed by atoms with Gasteiger partial charge in [0.05, 0.1) is 6.10 Å². The maximum atomic E-state index is 13.6. The quantitative estimate of drug-likeness (QED) is 0.273. The number of allylic oxidation sites excluding steroid dienone is 1. The van der Waals surface area contributed by atoms with Crippen LogP contribution in [0, 0.1) is 0 Å². The van der Waals surface area contributed by atoms with E-state index in [9.17, 15) is 45.8 Å². The van der Waals surface area contributed by atoms with Gasteiger partial charge in [0, 0.05) is 36.4 Å². The van der Waals surface area contributed by atoms with Crippen LogP contribution in [0.25, 0.3) is 6.08 Å². The van der Waals surface area contributed by atoms with Crippen molar-refractivity contribution in [2.24, 2.45) is 0 Å². The van der Waals surface area contributed by atoms with Gasteiger partial charge in [-0.1, -0.05) is 30.4 Å². The van der Waals surface area contributed by atoms with E-state index >= 15 is 0 Å². The van der Waals surface area contributed by atoms with E-state index in [1.165, 1.54) is 30.9 Å². The Hall–Kier alpha value is -4.27. The number of rotatable bonds is 8. The van der Waals surface area contributed by atoms with Gasteiger partial charge in [-0.25, -0.2) is 4.79 Å². The number of nitrogens with zero attached hydrogens (tertiary/aromatic N) is 3. The highest BCUT2D eigenvalue weighted by Gasteiger charge is 2.71. The molecule has 2 aromatic rings. The lowest BCUT2D eigenvalue weighted by molar-refractivity contribution is -0.376. The number of benzene rings is 2. The molecule has 0 saturated carbocycles.